The van der Waals surface area contributed by atoms with Gasteiger partial charge in [0.25, 0.3) is 0 Å². The van der Waals surface area contributed by atoms with E-state index in [1.54, 1.807) is 13.0 Å². The molecule has 1 saturated heterocycles. The second kappa shape index (κ2) is 5.33. The van der Waals surface area contributed by atoms with Crippen molar-refractivity contribution >= 4 is 34.4 Å². The highest BCUT2D eigenvalue weighted by atomic mass is 35.5. The molecule has 0 radical (unpaired) electrons. The Labute approximate surface area is 121 Å². The van der Waals surface area contributed by atoms with Crippen LogP contribution < -0.4 is 0 Å². The Bertz CT molecular complexity index is 605. The molecule has 2 nitrogen and oxygen atoms in total. The van der Waals surface area contributed by atoms with Crippen molar-refractivity contribution in [1.82, 2.24) is 9.55 Å². The lowest BCUT2D eigenvalue weighted by atomic mass is 10.2. The lowest BCUT2D eigenvalue weighted by Crippen LogP contribution is -2.12. The summed E-state index contributed by atoms with van der Waals surface area (Å²) in [6, 6.07) is 3.93. The number of rotatable bonds is 3. The van der Waals surface area contributed by atoms with Gasteiger partial charge in [-0.25, -0.2) is 9.37 Å². The fourth-order valence-electron chi connectivity index (χ4n) is 2.66. The summed E-state index contributed by atoms with van der Waals surface area (Å²) >= 11 is 7.84. The molecule has 1 fully saturated rings. The highest BCUT2D eigenvalue weighted by Crippen LogP contribution is 2.33. The highest BCUT2D eigenvalue weighted by Gasteiger charge is 2.23. The van der Waals surface area contributed by atoms with Crippen molar-refractivity contribution in [1.29, 1.82) is 0 Å². The number of fused-ring (bicyclic) bond motifs is 1. The quantitative estimate of drug-likeness (QED) is 0.799. The average Bonchev–Trinajstić information content (AvgIpc) is 2.98. The van der Waals surface area contributed by atoms with Crippen molar-refractivity contribution in [3.8, 4) is 0 Å². The summed E-state index contributed by atoms with van der Waals surface area (Å²) in [5, 5.41) is 0. The Morgan fingerprint density at radius 1 is 1.53 bits per heavy atom. The van der Waals surface area contributed by atoms with Crippen LogP contribution >= 0.6 is 23.4 Å². The topological polar surface area (TPSA) is 17.8 Å². The number of nitrogens with zero attached hydrogens (tertiary/aromatic N) is 2. The first-order valence-corrected chi connectivity index (χ1v) is 8.20. The molecule has 1 aromatic carbocycles. The van der Waals surface area contributed by atoms with Gasteiger partial charge >= 0.3 is 0 Å². The summed E-state index contributed by atoms with van der Waals surface area (Å²) in [4.78, 5) is 4.58. The van der Waals surface area contributed by atoms with Crippen LogP contribution in [0.3, 0.4) is 0 Å². The van der Waals surface area contributed by atoms with Gasteiger partial charge in [-0.15, -0.1) is 11.6 Å². The first kappa shape index (κ1) is 13.3. The second-order valence-corrected chi connectivity index (χ2v) is 6.47. The molecule has 1 aliphatic rings. The smallest absolute Gasteiger partial charge is 0.128 e. The summed E-state index contributed by atoms with van der Waals surface area (Å²) in [6.45, 7) is 1.80. The predicted octanol–water partition coefficient (Wildman–Crippen LogP) is 3.94. The fraction of sp³-hybridized carbons (Fsp3) is 0.500. The van der Waals surface area contributed by atoms with Gasteiger partial charge in [-0.3, -0.25) is 0 Å². The Morgan fingerprint density at radius 3 is 3.05 bits per heavy atom. The van der Waals surface area contributed by atoms with E-state index in [-0.39, 0.29) is 5.82 Å². The third-order valence-electron chi connectivity index (χ3n) is 3.63. The van der Waals surface area contributed by atoms with Crippen LogP contribution in [0.2, 0.25) is 0 Å². The van der Waals surface area contributed by atoms with Gasteiger partial charge < -0.3 is 4.57 Å². The van der Waals surface area contributed by atoms with Gasteiger partial charge in [-0.1, -0.05) is 0 Å². The molecule has 2 aromatic rings. The number of alkyl halides is 1. The normalized spacial score (nSPS) is 19.4. The molecule has 1 aliphatic heterocycles. The van der Waals surface area contributed by atoms with E-state index in [9.17, 15) is 4.39 Å². The summed E-state index contributed by atoms with van der Waals surface area (Å²) in [5.74, 6) is 3.64. The van der Waals surface area contributed by atoms with Gasteiger partial charge in [0.15, 0.2) is 0 Å². The standard InChI is InChI=1S/C14H16ClFN2S/c1-9-6-13-12(7-11(9)16)17-14(2-4-15)18(13)10-3-5-19-8-10/h6-7,10H,2-5,8H2,1H3. The van der Waals surface area contributed by atoms with Crippen LogP contribution in [0, 0.1) is 12.7 Å². The number of benzene rings is 1. The molecule has 102 valence electrons. The third-order valence-corrected chi connectivity index (χ3v) is 4.97. The monoisotopic (exact) mass is 298 g/mol. The molecule has 1 unspecified atom stereocenters. The minimum Gasteiger partial charge on any atom is -0.324 e. The first-order chi connectivity index (χ1) is 9.20. The molecule has 1 atom stereocenters. The van der Waals surface area contributed by atoms with E-state index in [0.29, 0.717) is 17.5 Å². The summed E-state index contributed by atoms with van der Waals surface area (Å²) in [6.07, 6.45) is 1.89. The molecular formula is C14H16ClFN2S. The Kier molecular flexibility index (Phi) is 3.72. The second-order valence-electron chi connectivity index (χ2n) is 4.94. The Balaban J connectivity index is 2.19. The first-order valence-electron chi connectivity index (χ1n) is 6.51. The maximum Gasteiger partial charge on any atom is 0.128 e. The molecule has 0 spiro atoms. The fourth-order valence-corrected chi connectivity index (χ4v) is 4.03. The SMILES string of the molecule is Cc1cc2c(cc1F)nc(CCCl)n2C1CCSC1. The van der Waals surface area contributed by atoms with Crippen molar-refractivity contribution in [2.45, 2.75) is 25.8 Å². The Morgan fingerprint density at radius 2 is 2.37 bits per heavy atom. The van der Waals surface area contributed by atoms with Crippen molar-refractivity contribution in [2.75, 3.05) is 17.4 Å². The van der Waals surface area contributed by atoms with Crippen LogP contribution in [0.4, 0.5) is 4.39 Å². The van der Waals surface area contributed by atoms with E-state index in [1.807, 2.05) is 17.8 Å². The minimum absolute atomic E-state index is 0.185. The number of thioether (sulfide) groups is 1. The molecule has 0 aliphatic carbocycles. The molecule has 0 amide bonds. The van der Waals surface area contributed by atoms with E-state index in [1.165, 1.54) is 5.75 Å². The summed E-state index contributed by atoms with van der Waals surface area (Å²) in [5.41, 5.74) is 2.48. The summed E-state index contributed by atoms with van der Waals surface area (Å²) < 4.78 is 16.0. The van der Waals surface area contributed by atoms with E-state index in [2.05, 4.69) is 9.55 Å². The number of halogens is 2. The van der Waals surface area contributed by atoms with E-state index in [4.69, 9.17) is 11.6 Å². The highest BCUT2D eigenvalue weighted by molar-refractivity contribution is 7.99. The van der Waals surface area contributed by atoms with Crippen molar-refractivity contribution in [2.24, 2.45) is 0 Å². The number of hydrogen-bond donors (Lipinski definition) is 0. The zero-order chi connectivity index (χ0) is 13.4. The molecule has 3 rings (SSSR count). The van der Waals surface area contributed by atoms with Gasteiger partial charge in [0, 0.05) is 30.2 Å². The van der Waals surface area contributed by atoms with Crippen molar-refractivity contribution in [3.63, 3.8) is 0 Å². The van der Waals surface area contributed by atoms with E-state index >= 15 is 0 Å². The maximum atomic E-state index is 13.7. The van der Waals surface area contributed by atoms with E-state index in [0.717, 1.165) is 35.5 Å². The number of hydrogen-bond acceptors (Lipinski definition) is 2. The summed E-state index contributed by atoms with van der Waals surface area (Å²) in [7, 11) is 0. The van der Waals surface area contributed by atoms with Gasteiger partial charge in [0.05, 0.1) is 11.0 Å². The van der Waals surface area contributed by atoms with Crippen LogP contribution in [0.25, 0.3) is 11.0 Å². The van der Waals surface area contributed by atoms with Gasteiger partial charge in [-0.2, -0.15) is 11.8 Å². The van der Waals surface area contributed by atoms with Crippen LogP contribution in [0.15, 0.2) is 12.1 Å². The zero-order valence-corrected chi connectivity index (χ0v) is 12.4. The lowest BCUT2D eigenvalue weighted by molar-refractivity contribution is 0.552. The third kappa shape index (κ3) is 2.36. The van der Waals surface area contributed by atoms with Gasteiger partial charge in [0.1, 0.15) is 11.6 Å². The minimum atomic E-state index is -0.185. The molecule has 2 heterocycles. The average molecular weight is 299 g/mol. The number of aromatic nitrogens is 2. The van der Waals surface area contributed by atoms with E-state index < -0.39 is 0 Å². The number of imidazole rings is 1. The van der Waals surface area contributed by atoms with Gasteiger partial charge in [0.2, 0.25) is 0 Å². The predicted molar refractivity (Wildman–Crippen MR) is 79.8 cm³/mol. The van der Waals surface area contributed by atoms with Crippen LogP contribution in [0.1, 0.15) is 23.9 Å². The van der Waals surface area contributed by atoms with Crippen molar-refractivity contribution < 1.29 is 4.39 Å². The van der Waals surface area contributed by atoms with Crippen LogP contribution in [-0.4, -0.2) is 26.9 Å². The molecule has 1 aromatic heterocycles. The molecule has 19 heavy (non-hydrogen) atoms. The number of aryl methyl sites for hydroxylation is 2. The Hall–Kier alpha value is -0.740. The van der Waals surface area contributed by atoms with Gasteiger partial charge in [-0.05, 0) is 30.7 Å². The molecule has 0 N–H and O–H groups in total. The van der Waals surface area contributed by atoms with Crippen molar-refractivity contribution in [3.05, 3.63) is 29.3 Å². The molecule has 0 saturated carbocycles. The molecular weight excluding hydrogens is 283 g/mol. The van der Waals surface area contributed by atoms with Crippen LogP contribution in [0.5, 0.6) is 0 Å². The largest absolute Gasteiger partial charge is 0.324 e. The zero-order valence-electron chi connectivity index (χ0n) is 10.8. The van der Waals surface area contributed by atoms with Crippen LogP contribution in [-0.2, 0) is 6.42 Å². The molecule has 0 bridgehead atoms. The molecule has 5 heteroatoms. The maximum absolute atomic E-state index is 13.7. The lowest BCUT2D eigenvalue weighted by Gasteiger charge is -2.15.